The van der Waals surface area contributed by atoms with Crippen molar-refractivity contribution in [1.29, 1.82) is 0 Å². The lowest BCUT2D eigenvalue weighted by molar-refractivity contribution is -0.151. The van der Waals surface area contributed by atoms with E-state index in [9.17, 15) is 9.59 Å². The highest BCUT2D eigenvalue weighted by molar-refractivity contribution is 5.89. The Balaban J connectivity index is 1.91. The zero-order chi connectivity index (χ0) is 18.5. The summed E-state index contributed by atoms with van der Waals surface area (Å²) in [5, 5.41) is 0. The molecule has 1 aliphatic heterocycles. The Morgan fingerprint density at radius 3 is 2.08 bits per heavy atom. The third-order valence-corrected chi connectivity index (χ3v) is 4.97. The number of nitrogens with two attached hydrogens (primary N) is 1. The SMILES string of the molecule is COC(=O)C1CCCN1C(=O)C(N)C(c1ccccc1)c1ccccc1. The van der Waals surface area contributed by atoms with Gasteiger partial charge in [-0.05, 0) is 24.0 Å². The Bertz CT molecular complexity index is 709. The van der Waals surface area contributed by atoms with Crippen molar-refractivity contribution < 1.29 is 14.3 Å². The molecule has 0 radical (unpaired) electrons. The van der Waals surface area contributed by atoms with Gasteiger partial charge in [-0.15, -0.1) is 0 Å². The average molecular weight is 352 g/mol. The number of likely N-dealkylation sites (tertiary alicyclic amines) is 1. The molecule has 3 rings (SSSR count). The topological polar surface area (TPSA) is 72.6 Å². The molecule has 1 aliphatic rings. The minimum Gasteiger partial charge on any atom is -0.467 e. The van der Waals surface area contributed by atoms with Gasteiger partial charge in [-0.3, -0.25) is 4.79 Å². The largest absolute Gasteiger partial charge is 0.467 e. The lowest BCUT2D eigenvalue weighted by Crippen LogP contribution is -2.51. The molecular formula is C21H24N2O3. The van der Waals surface area contributed by atoms with Crippen molar-refractivity contribution in [3.8, 4) is 0 Å². The van der Waals surface area contributed by atoms with E-state index < -0.39 is 12.1 Å². The first-order valence-electron chi connectivity index (χ1n) is 8.87. The van der Waals surface area contributed by atoms with E-state index in [2.05, 4.69) is 0 Å². The molecular weight excluding hydrogens is 328 g/mol. The molecule has 2 N–H and O–H groups in total. The Morgan fingerprint density at radius 1 is 1.04 bits per heavy atom. The quantitative estimate of drug-likeness (QED) is 0.838. The standard InChI is InChI=1S/C21H24N2O3/c1-26-21(25)17-13-8-14-23(17)20(24)19(22)18(15-9-4-2-5-10-15)16-11-6-3-7-12-16/h2-7,9-12,17-19H,8,13-14,22H2,1H3. The molecule has 0 spiro atoms. The molecule has 0 saturated carbocycles. The Kier molecular flexibility index (Phi) is 5.68. The monoisotopic (exact) mass is 352 g/mol. The molecule has 2 aromatic carbocycles. The predicted molar refractivity (Wildman–Crippen MR) is 99.5 cm³/mol. The second-order valence-corrected chi connectivity index (χ2v) is 6.54. The van der Waals surface area contributed by atoms with Gasteiger partial charge in [0.15, 0.2) is 0 Å². The van der Waals surface area contributed by atoms with Crippen molar-refractivity contribution in [3.05, 3.63) is 71.8 Å². The van der Waals surface area contributed by atoms with Crippen LogP contribution in [0.5, 0.6) is 0 Å². The van der Waals surface area contributed by atoms with Gasteiger partial charge < -0.3 is 15.4 Å². The number of carbonyl (C=O) groups excluding carboxylic acids is 2. The van der Waals surface area contributed by atoms with Crippen molar-refractivity contribution in [2.24, 2.45) is 5.73 Å². The lowest BCUT2D eigenvalue weighted by atomic mass is 9.84. The van der Waals surface area contributed by atoms with Crippen LogP contribution in [0.3, 0.4) is 0 Å². The summed E-state index contributed by atoms with van der Waals surface area (Å²) < 4.78 is 4.85. The molecule has 1 saturated heterocycles. The van der Waals surface area contributed by atoms with E-state index in [0.29, 0.717) is 13.0 Å². The van der Waals surface area contributed by atoms with Gasteiger partial charge in [0.25, 0.3) is 0 Å². The van der Waals surface area contributed by atoms with E-state index in [1.54, 1.807) is 4.90 Å². The summed E-state index contributed by atoms with van der Waals surface area (Å²) in [5.74, 6) is -0.863. The Labute approximate surface area is 153 Å². The van der Waals surface area contributed by atoms with Gasteiger partial charge in [0, 0.05) is 12.5 Å². The van der Waals surface area contributed by atoms with Gasteiger partial charge in [0.1, 0.15) is 6.04 Å². The third kappa shape index (κ3) is 3.63. The zero-order valence-corrected chi connectivity index (χ0v) is 14.9. The van der Waals surface area contributed by atoms with E-state index in [0.717, 1.165) is 17.5 Å². The summed E-state index contributed by atoms with van der Waals surface area (Å²) in [6.45, 7) is 0.530. The molecule has 136 valence electrons. The fourth-order valence-electron chi connectivity index (χ4n) is 3.67. The van der Waals surface area contributed by atoms with Crippen LogP contribution in [0.4, 0.5) is 0 Å². The van der Waals surface area contributed by atoms with Crippen molar-refractivity contribution in [3.63, 3.8) is 0 Å². The van der Waals surface area contributed by atoms with Crippen LogP contribution in [-0.4, -0.2) is 42.5 Å². The molecule has 2 unspecified atom stereocenters. The first-order valence-corrected chi connectivity index (χ1v) is 8.87. The van der Waals surface area contributed by atoms with Gasteiger partial charge in [0.05, 0.1) is 13.2 Å². The van der Waals surface area contributed by atoms with Crippen LogP contribution < -0.4 is 5.73 Å². The fourth-order valence-corrected chi connectivity index (χ4v) is 3.67. The minimum atomic E-state index is -0.773. The van der Waals surface area contributed by atoms with Crippen LogP contribution in [0.25, 0.3) is 0 Å². The number of hydrogen-bond donors (Lipinski definition) is 1. The highest BCUT2D eigenvalue weighted by Crippen LogP contribution is 2.30. The molecule has 0 bridgehead atoms. The number of esters is 1. The molecule has 1 heterocycles. The second kappa shape index (κ2) is 8.15. The van der Waals surface area contributed by atoms with Gasteiger partial charge in [-0.2, -0.15) is 0 Å². The molecule has 2 atom stereocenters. The fraction of sp³-hybridized carbons (Fsp3) is 0.333. The van der Waals surface area contributed by atoms with Crippen LogP contribution in [0.2, 0.25) is 0 Å². The van der Waals surface area contributed by atoms with Crippen LogP contribution in [0, 0.1) is 0 Å². The number of amides is 1. The first-order chi connectivity index (χ1) is 12.6. The number of nitrogens with zero attached hydrogens (tertiary/aromatic N) is 1. The molecule has 5 heteroatoms. The van der Waals surface area contributed by atoms with Gasteiger partial charge in [-0.1, -0.05) is 60.7 Å². The zero-order valence-electron chi connectivity index (χ0n) is 14.9. The number of methoxy groups -OCH3 is 1. The first kappa shape index (κ1) is 18.1. The molecule has 26 heavy (non-hydrogen) atoms. The Morgan fingerprint density at radius 2 is 1.58 bits per heavy atom. The van der Waals surface area contributed by atoms with Crippen LogP contribution in [0.15, 0.2) is 60.7 Å². The van der Waals surface area contributed by atoms with E-state index >= 15 is 0 Å². The summed E-state index contributed by atoms with van der Waals surface area (Å²) in [6.07, 6.45) is 1.39. The number of carbonyl (C=O) groups is 2. The van der Waals surface area contributed by atoms with Crippen molar-refractivity contribution in [2.45, 2.75) is 30.8 Å². The maximum Gasteiger partial charge on any atom is 0.328 e. The summed E-state index contributed by atoms with van der Waals surface area (Å²) >= 11 is 0. The van der Waals surface area contributed by atoms with Crippen LogP contribution >= 0.6 is 0 Å². The van der Waals surface area contributed by atoms with E-state index in [-0.39, 0.29) is 17.8 Å². The summed E-state index contributed by atoms with van der Waals surface area (Å²) in [7, 11) is 1.35. The normalized spacial score (nSPS) is 18.0. The number of rotatable bonds is 5. The third-order valence-electron chi connectivity index (χ3n) is 4.97. The molecule has 1 fully saturated rings. The average Bonchev–Trinajstić information content (AvgIpc) is 3.18. The van der Waals surface area contributed by atoms with E-state index in [4.69, 9.17) is 10.5 Å². The molecule has 1 amide bonds. The molecule has 2 aromatic rings. The van der Waals surface area contributed by atoms with Gasteiger partial charge >= 0.3 is 5.97 Å². The van der Waals surface area contributed by atoms with Crippen molar-refractivity contribution in [1.82, 2.24) is 4.90 Å². The molecule has 5 nitrogen and oxygen atoms in total. The van der Waals surface area contributed by atoms with Crippen LogP contribution in [-0.2, 0) is 14.3 Å². The minimum absolute atomic E-state index is 0.212. The second-order valence-electron chi connectivity index (χ2n) is 6.54. The number of hydrogen-bond acceptors (Lipinski definition) is 4. The van der Waals surface area contributed by atoms with Crippen LogP contribution in [0.1, 0.15) is 29.9 Å². The number of ether oxygens (including phenoxy) is 1. The smallest absolute Gasteiger partial charge is 0.328 e. The Hall–Kier alpha value is -2.66. The predicted octanol–water partition coefficient (Wildman–Crippen LogP) is 2.31. The van der Waals surface area contributed by atoms with Gasteiger partial charge in [-0.25, -0.2) is 4.79 Å². The van der Waals surface area contributed by atoms with E-state index in [1.807, 2.05) is 60.7 Å². The summed E-state index contributed by atoms with van der Waals surface area (Å²) in [5.41, 5.74) is 8.43. The summed E-state index contributed by atoms with van der Waals surface area (Å²) in [4.78, 5) is 26.7. The van der Waals surface area contributed by atoms with E-state index in [1.165, 1.54) is 7.11 Å². The molecule has 0 aliphatic carbocycles. The maximum absolute atomic E-state index is 13.2. The maximum atomic E-state index is 13.2. The number of benzene rings is 2. The lowest BCUT2D eigenvalue weighted by Gasteiger charge is -2.30. The van der Waals surface area contributed by atoms with Crippen molar-refractivity contribution >= 4 is 11.9 Å². The highest BCUT2D eigenvalue weighted by Gasteiger charge is 2.39. The molecule has 0 aromatic heterocycles. The van der Waals surface area contributed by atoms with Gasteiger partial charge in [0.2, 0.25) is 5.91 Å². The van der Waals surface area contributed by atoms with Crippen molar-refractivity contribution in [2.75, 3.05) is 13.7 Å². The highest BCUT2D eigenvalue weighted by atomic mass is 16.5. The summed E-state index contributed by atoms with van der Waals surface area (Å²) in [6, 6.07) is 18.2.